The highest BCUT2D eigenvalue weighted by atomic mass is 16.6. The van der Waals surface area contributed by atoms with Crippen molar-refractivity contribution in [2.75, 3.05) is 7.11 Å². The van der Waals surface area contributed by atoms with E-state index >= 15 is 0 Å². The molecule has 2 aromatic carbocycles. The van der Waals surface area contributed by atoms with Crippen molar-refractivity contribution in [2.45, 2.75) is 6.61 Å². The summed E-state index contributed by atoms with van der Waals surface area (Å²) in [4.78, 5) is 10.5. The zero-order chi connectivity index (χ0) is 16.1. The molecule has 0 radical (unpaired) electrons. The molecule has 7 nitrogen and oxygen atoms in total. The molecule has 0 aliphatic carbocycles. The summed E-state index contributed by atoms with van der Waals surface area (Å²) >= 11 is 0. The molecule has 2 rings (SSSR count). The van der Waals surface area contributed by atoms with Gasteiger partial charge >= 0.3 is 0 Å². The number of ether oxygens (including phenoxy) is 2. The number of benzene rings is 2. The number of nitrogens with one attached hydrogen (secondary N) is 1. The van der Waals surface area contributed by atoms with Crippen LogP contribution < -0.4 is 15.2 Å². The summed E-state index contributed by atoms with van der Waals surface area (Å²) in [7, 11) is 1.47. The molecule has 0 amide bonds. The number of nitrogens with zero attached hydrogens (tertiary/aromatic N) is 1. The van der Waals surface area contributed by atoms with Crippen LogP contribution in [0.3, 0.4) is 0 Å². The van der Waals surface area contributed by atoms with Gasteiger partial charge in [-0.15, -0.1) is 0 Å². The van der Waals surface area contributed by atoms with E-state index in [1.807, 2.05) is 0 Å². The lowest BCUT2D eigenvalue weighted by Crippen LogP contribution is -2.11. The first-order valence-electron chi connectivity index (χ1n) is 6.40. The Bertz CT molecular complexity index is 716. The van der Waals surface area contributed by atoms with Gasteiger partial charge in [-0.2, -0.15) is 0 Å². The first-order chi connectivity index (χ1) is 10.5. The Balaban J connectivity index is 2.22. The summed E-state index contributed by atoms with van der Waals surface area (Å²) in [6, 6.07) is 11.2. The van der Waals surface area contributed by atoms with Crippen LogP contribution in [0, 0.1) is 15.5 Å². The van der Waals surface area contributed by atoms with Gasteiger partial charge in [0.1, 0.15) is 12.4 Å². The van der Waals surface area contributed by atoms with E-state index in [2.05, 4.69) is 0 Å². The monoisotopic (exact) mass is 301 g/mol. The molecule has 7 heteroatoms. The van der Waals surface area contributed by atoms with Crippen LogP contribution in [0.15, 0.2) is 42.5 Å². The smallest absolute Gasteiger partial charge is 0.276 e. The molecule has 22 heavy (non-hydrogen) atoms. The van der Waals surface area contributed by atoms with Gasteiger partial charge in [0.25, 0.3) is 5.69 Å². The van der Waals surface area contributed by atoms with Crippen LogP contribution >= 0.6 is 0 Å². The summed E-state index contributed by atoms with van der Waals surface area (Å²) in [5.74, 6) is 0.750. The molecule has 0 atom stereocenters. The minimum atomic E-state index is -0.450. The topological polar surface area (TPSA) is 111 Å². The normalized spacial score (nSPS) is 10.0. The lowest BCUT2D eigenvalue weighted by atomic mass is 10.2. The number of methoxy groups -OCH3 is 1. The Morgan fingerprint density at radius 1 is 1.27 bits per heavy atom. The minimum Gasteiger partial charge on any atom is -0.493 e. The van der Waals surface area contributed by atoms with Gasteiger partial charge in [-0.3, -0.25) is 15.5 Å². The van der Waals surface area contributed by atoms with Gasteiger partial charge < -0.3 is 15.2 Å². The summed E-state index contributed by atoms with van der Waals surface area (Å²) in [5.41, 5.74) is 6.39. The molecule has 114 valence electrons. The number of nitrogens with two attached hydrogens (primary N) is 1. The Morgan fingerprint density at radius 3 is 2.64 bits per heavy atom. The fourth-order valence-corrected chi connectivity index (χ4v) is 1.92. The second kappa shape index (κ2) is 6.57. The summed E-state index contributed by atoms with van der Waals surface area (Å²) < 4.78 is 10.8. The number of hydrogen-bond donors (Lipinski definition) is 2. The average molecular weight is 301 g/mol. The summed E-state index contributed by atoms with van der Waals surface area (Å²) in [5, 5.41) is 18.4. The van der Waals surface area contributed by atoms with Crippen LogP contribution in [0.2, 0.25) is 0 Å². The lowest BCUT2D eigenvalue weighted by Gasteiger charge is -2.12. The van der Waals surface area contributed by atoms with E-state index in [1.54, 1.807) is 36.4 Å². The fraction of sp³-hybridized carbons (Fsp3) is 0.133. The zero-order valence-electron chi connectivity index (χ0n) is 11.9. The first kappa shape index (κ1) is 15.3. The van der Waals surface area contributed by atoms with Crippen LogP contribution in [-0.4, -0.2) is 17.9 Å². The molecule has 0 spiro atoms. The molecule has 0 bridgehead atoms. The number of amidine groups is 1. The Hall–Kier alpha value is -3.09. The van der Waals surface area contributed by atoms with Gasteiger partial charge in [-0.25, -0.2) is 0 Å². The minimum absolute atomic E-state index is 0.00169. The van der Waals surface area contributed by atoms with Crippen LogP contribution in [0.1, 0.15) is 11.1 Å². The van der Waals surface area contributed by atoms with E-state index in [0.717, 1.165) is 0 Å². The average Bonchev–Trinajstić information content (AvgIpc) is 2.52. The highest BCUT2D eigenvalue weighted by molar-refractivity contribution is 5.95. The molecule has 0 heterocycles. The van der Waals surface area contributed by atoms with Gasteiger partial charge in [0.2, 0.25) is 0 Å². The van der Waals surface area contributed by atoms with Crippen molar-refractivity contribution in [3.05, 3.63) is 63.7 Å². The number of nitro groups is 1. The molecule has 0 fully saturated rings. The van der Waals surface area contributed by atoms with Gasteiger partial charge in [0.05, 0.1) is 17.6 Å². The van der Waals surface area contributed by atoms with Crippen molar-refractivity contribution in [1.29, 1.82) is 5.41 Å². The number of para-hydroxylation sites is 1. The summed E-state index contributed by atoms with van der Waals surface area (Å²) in [6.45, 7) is 0.0347. The third kappa shape index (κ3) is 3.32. The van der Waals surface area contributed by atoms with Crippen molar-refractivity contribution in [3.8, 4) is 11.5 Å². The molecule has 2 aromatic rings. The number of nitrogen functional groups attached to an aromatic ring is 1. The van der Waals surface area contributed by atoms with E-state index in [4.69, 9.17) is 20.6 Å². The van der Waals surface area contributed by atoms with Crippen molar-refractivity contribution in [3.63, 3.8) is 0 Å². The fourth-order valence-electron chi connectivity index (χ4n) is 1.92. The predicted octanol–water partition coefficient (Wildman–Crippen LogP) is 2.47. The van der Waals surface area contributed by atoms with Gasteiger partial charge in [0.15, 0.2) is 11.5 Å². The van der Waals surface area contributed by atoms with Crippen molar-refractivity contribution in [1.82, 2.24) is 0 Å². The van der Waals surface area contributed by atoms with Crippen LogP contribution in [0.25, 0.3) is 0 Å². The number of rotatable bonds is 6. The van der Waals surface area contributed by atoms with Gasteiger partial charge in [-0.1, -0.05) is 12.1 Å². The molecule has 0 saturated heterocycles. The predicted molar refractivity (Wildman–Crippen MR) is 81.4 cm³/mol. The zero-order valence-corrected chi connectivity index (χ0v) is 11.9. The second-order valence-corrected chi connectivity index (χ2v) is 4.45. The molecule has 0 aliphatic heterocycles. The molecule has 0 aromatic heterocycles. The van der Waals surface area contributed by atoms with Crippen LogP contribution in [0.5, 0.6) is 11.5 Å². The third-order valence-electron chi connectivity index (χ3n) is 3.05. The Labute approximate surface area is 126 Å². The van der Waals surface area contributed by atoms with E-state index in [9.17, 15) is 10.1 Å². The molecule has 0 aliphatic rings. The molecule has 0 unspecified atom stereocenters. The molecule has 3 N–H and O–H groups in total. The van der Waals surface area contributed by atoms with E-state index < -0.39 is 4.92 Å². The van der Waals surface area contributed by atoms with Crippen LogP contribution in [-0.2, 0) is 6.61 Å². The maximum absolute atomic E-state index is 11.0. The molecule has 0 saturated carbocycles. The quantitative estimate of drug-likeness (QED) is 0.368. The lowest BCUT2D eigenvalue weighted by molar-refractivity contribution is -0.385. The van der Waals surface area contributed by atoms with Crippen LogP contribution in [0.4, 0.5) is 5.69 Å². The third-order valence-corrected chi connectivity index (χ3v) is 3.05. The Kier molecular flexibility index (Phi) is 4.57. The summed E-state index contributed by atoms with van der Waals surface area (Å²) in [6.07, 6.45) is 0. The van der Waals surface area contributed by atoms with Gasteiger partial charge in [-0.05, 0) is 24.3 Å². The van der Waals surface area contributed by atoms with E-state index in [-0.39, 0.29) is 18.1 Å². The van der Waals surface area contributed by atoms with Crippen molar-refractivity contribution in [2.24, 2.45) is 5.73 Å². The maximum atomic E-state index is 11.0. The largest absolute Gasteiger partial charge is 0.493 e. The SMILES string of the molecule is COc1cc(C(=N)N)ccc1OCc1ccccc1[N+](=O)[O-]. The van der Waals surface area contributed by atoms with Crippen molar-refractivity contribution < 1.29 is 14.4 Å². The highest BCUT2D eigenvalue weighted by Crippen LogP contribution is 2.29. The Morgan fingerprint density at radius 2 is 2.00 bits per heavy atom. The van der Waals surface area contributed by atoms with E-state index in [0.29, 0.717) is 22.6 Å². The van der Waals surface area contributed by atoms with Crippen molar-refractivity contribution >= 4 is 11.5 Å². The molecular formula is C15H15N3O4. The highest BCUT2D eigenvalue weighted by Gasteiger charge is 2.14. The standard InChI is InChI=1S/C15H15N3O4/c1-21-14-8-10(15(16)17)6-7-13(14)22-9-11-4-2-3-5-12(11)18(19)20/h2-8H,9H2,1H3,(H3,16,17). The number of hydrogen-bond acceptors (Lipinski definition) is 5. The maximum Gasteiger partial charge on any atom is 0.276 e. The second-order valence-electron chi connectivity index (χ2n) is 4.45. The first-order valence-corrected chi connectivity index (χ1v) is 6.40. The van der Waals surface area contributed by atoms with E-state index in [1.165, 1.54) is 13.2 Å². The molecular weight excluding hydrogens is 286 g/mol. The van der Waals surface area contributed by atoms with Gasteiger partial charge in [0, 0.05) is 11.6 Å². The number of nitro benzene ring substituents is 1.